The van der Waals surface area contributed by atoms with Crippen LogP contribution in [0.1, 0.15) is 28.9 Å². The van der Waals surface area contributed by atoms with Gasteiger partial charge in [0.15, 0.2) is 0 Å². The van der Waals surface area contributed by atoms with Crippen molar-refractivity contribution in [2.75, 3.05) is 33.2 Å². The SMILES string of the molecule is CC(NC(=O)c1cccc(S(=O)(=O)N2CCN(C)CC2)c1)c1ccc(-n2cncn2)cc1. The largest absolute Gasteiger partial charge is 0.346 e. The van der Waals surface area contributed by atoms with E-state index < -0.39 is 10.0 Å². The van der Waals surface area contributed by atoms with Crippen LogP contribution in [0.4, 0.5) is 0 Å². The Morgan fingerprint density at radius 3 is 2.44 bits per heavy atom. The molecule has 1 unspecified atom stereocenters. The van der Waals surface area contributed by atoms with Gasteiger partial charge in [-0.2, -0.15) is 9.40 Å². The van der Waals surface area contributed by atoms with E-state index in [9.17, 15) is 13.2 Å². The highest BCUT2D eigenvalue weighted by atomic mass is 32.2. The second-order valence-corrected chi connectivity index (χ2v) is 9.80. The molecule has 0 saturated carbocycles. The van der Waals surface area contributed by atoms with Gasteiger partial charge in [0.2, 0.25) is 10.0 Å². The van der Waals surface area contributed by atoms with E-state index >= 15 is 0 Å². The number of carbonyl (C=O) groups is 1. The van der Waals surface area contributed by atoms with Gasteiger partial charge < -0.3 is 10.2 Å². The van der Waals surface area contributed by atoms with Crippen LogP contribution in [-0.4, -0.2) is 71.5 Å². The summed E-state index contributed by atoms with van der Waals surface area (Å²) in [5, 5.41) is 7.04. The molecule has 1 amide bonds. The van der Waals surface area contributed by atoms with Gasteiger partial charge in [-0.15, -0.1) is 0 Å². The van der Waals surface area contributed by atoms with E-state index in [1.54, 1.807) is 23.1 Å². The van der Waals surface area contributed by atoms with Crippen LogP contribution in [0, 0.1) is 0 Å². The molecular weight excluding hydrogens is 428 g/mol. The van der Waals surface area contributed by atoms with Gasteiger partial charge in [0.25, 0.3) is 5.91 Å². The average Bonchev–Trinajstić information content (AvgIpc) is 3.34. The molecule has 1 aromatic heterocycles. The lowest BCUT2D eigenvalue weighted by Crippen LogP contribution is -2.47. The summed E-state index contributed by atoms with van der Waals surface area (Å²) >= 11 is 0. The zero-order chi connectivity index (χ0) is 22.7. The first kappa shape index (κ1) is 22.1. The van der Waals surface area contributed by atoms with E-state index in [1.165, 1.54) is 22.8 Å². The fourth-order valence-corrected chi connectivity index (χ4v) is 5.06. The second-order valence-electron chi connectivity index (χ2n) is 7.86. The van der Waals surface area contributed by atoms with Crippen molar-refractivity contribution in [3.63, 3.8) is 0 Å². The minimum Gasteiger partial charge on any atom is -0.346 e. The number of nitrogens with one attached hydrogen (secondary N) is 1. The highest BCUT2D eigenvalue weighted by Crippen LogP contribution is 2.20. The first-order valence-electron chi connectivity index (χ1n) is 10.4. The van der Waals surface area contributed by atoms with Crippen LogP contribution < -0.4 is 5.32 Å². The summed E-state index contributed by atoms with van der Waals surface area (Å²) in [4.78, 5) is 19.0. The van der Waals surface area contributed by atoms with E-state index in [2.05, 4.69) is 20.3 Å². The topological polar surface area (TPSA) is 100 Å². The zero-order valence-corrected chi connectivity index (χ0v) is 18.9. The van der Waals surface area contributed by atoms with E-state index in [1.807, 2.05) is 38.2 Å². The summed E-state index contributed by atoms with van der Waals surface area (Å²) in [6.45, 7) is 4.14. The number of nitrogens with zero attached hydrogens (tertiary/aromatic N) is 5. The van der Waals surface area contributed by atoms with Gasteiger partial charge in [-0.1, -0.05) is 18.2 Å². The number of sulfonamides is 1. The Morgan fingerprint density at radius 2 is 1.78 bits per heavy atom. The van der Waals surface area contributed by atoms with Crippen molar-refractivity contribution >= 4 is 15.9 Å². The van der Waals surface area contributed by atoms with Gasteiger partial charge in [0.1, 0.15) is 12.7 Å². The number of benzene rings is 2. The number of aromatic nitrogens is 3. The maximum absolute atomic E-state index is 13.0. The molecule has 1 saturated heterocycles. The summed E-state index contributed by atoms with van der Waals surface area (Å²) in [5.41, 5.74) is 2.10. The molecule has 9 nitrogen and oxygen atoms in total. The van der Waals surface area contributed by atoms with E-state index in [0.717, 1.165) is 11.3 Å². The third kappa shape index (κ3) is 4.72. The molecule has 1 N–H and O–H groups in total. The molecule has 1 fully saturated rings. The molecule has 0 bridgehead atoms. The van der Waals surface area contributed by atoms with Crippen molar-refractivity contribution in [1.29, 1.82) is 0 Å². The van der Waals surface area contributed by atoms with Crippen LogP contribution in [0.3, 0.4) is 0 Å². The van der Waals surface area contributed by atoms with E-state index in [0.29, 0.717) is 31.7 Å². The number of carbonyl (C=O) groups excluding carboxylic acids is 1. The van der Waals surface area contributed by atoms with Crippen LogP contribution in [0.15, 0.2) is 66.1 Å². The quantitative estimate of drug-likeness (QED) is 0.609. The Hall–Kier alpha value is -3.08. The fourth-order valence-electron chi connectivity index (χ4n) is 3.60. The van der Waals surface area contributed by atoms with Crippen molar-refractivity contribution in [2.45, 2.75) is 17.9 Å². The summed E-state index contributed by atoms with van der Waals surface area (Å²) < 4.78 is 29.1. The molecular formula is C22H26N6O3S. The molecule has 168 valence electrons. The van der Waals surface area contributed by atoms with Crippen molar-refractivity contribution in [3.05, 3.63) is 72.3 Å². The predicted octanol–water partition coefficient (Wildman–Crippen LogP) is 1.69. The number of rotatable bonds is 6. The first-order chi connectivity index (χ1) is 15.3. The smallest absolute Gasteiger partial charge is 0.251 e. The Labute approximate surface area is 187 Å². The third-order valence-electron chi connectivity index (χ3n) is 5.62. The molecule has 10 heteroatoms. The van der Waals surface area contributed by atoms with E-state index in [4.69, 9.17) is 0 Å². The second kappa shape index (κ2) is 9.19. The Bertz CT molecular complexity index is 1170. The molecule has 1 aliphatic rings. The Balaban J connectivity index is 1.45. The van der Waals surface area contributed by atoms with Crippen molar-refractivity contribution in [1.82, 2.24) is 29.3 Å². The summed E-state index contributed by atoms with van der Waals surface area (Å²) in [7, 11) is -1.66. The lowest BCUT2D eigenvalue weighted by Gasteiger charge is -2.31. The van der Waals surface area contributed by atoms with Crippen LogP contribution >= 0.6 is 0 Å². The molecule has 1 atom stereocenters. The summed E-state index contributed by atoms with van der Waals surface area (Å²) in [6, 6.07) is 13.6. The number of likely N-dealkylation sites (N-methyl/N-ethyl adjacent to an activating group) is 1. The van der Waals surface area contributed by atoms with Crippen molar-refractivity contribution in [2.24, 2.45) is 0 Å². The predicted molar refractivity (Wildman–Crippen MR) is 120 cm³/mol. The van der Waals surface area contributed by atoms with Gasteiger partial charge in [0, 0.05) is 31.7 Å². The minimum atomic E-state index is -3.64. The van der Waals surface area contributed by atoms with E-state index in [-0.39, 0.29) is 16.8 Å². The number of hydrogen-bond donors (Lipinski definition) is 1. The Kier molecular flexibility index (Phi) is 6.35. The molecule has 4 rings (SSSR count). The monoisotopic (exact) mass is 454 g/mol. The number of hydrogen-bond acceptors (Lipinski definition) is 6. The lowest BCUT2D eigenvalue weighted by molar-refractivity contribution is 0.0939. The van der Waals surface area contributed by atoms with Gasteiger partial charge >= 0.3 is 0 Å². The van der Waals surface area contributed by atoms with Gasteiger partial charge in [0.05, 0.1) is 16.6 Å². The maximum Gasteiger partial charge on any atom is 0.251 e. The molecule has 0 radical (unpaired) electrons. The molecule has 0 aliphatic carbocycles. The molecule has 32 heavy (non-hydrogen) atoms. The van der Waals surface area contributed by atoms with Crippen molar-refractivity contribution < 1.29 is 13.2 Å². The fraction of sp³-hybridized carbons (Fsp3) is 0.318. The van der Waals surface area contributed by atoms with Crippen LogP contribution in [-0.2, 0) is 10.0 Å². The highest BCUT2D eigenvalue weighted by Gasteiger charge is 2.28. The number of amides is 1. The highest BCUT2D eigenvalue weighted by molar-refractivity contribution is 7.89. The van der Waals surface area contributed by atoms with Gasteiger partial charge in [-0.3, -0.25) is 4.79 Å². The average molecular weight is 455 g/mol. The maximum atomic E-state index is 13.0. The molecule has 3 aromatic rings. The first-order valence-corrected chi connectivity index (χ1v) is 11.8. The normalized spacial score (nSPS) is 16.6. The Morgan fingerprint density at radius 1 is 1.06 bits per heavy atom. The molecule has 2 heterocycles. The number of piperazine rings is 1. The third-order valence-corrected chi connectivity index (χ3v) is 7.51. The van der Waals surface area contributed by atoms with Crippen LogP contribution in [0.2, 0.25) is 0 Å². The molecule has 0 spiro atoms. The van der Waals surface area contributed by atoms with Crippen LogP contribution in [0.25, 0.3) is 5.69 Å². The minimum absolute atomic E-state index is 0.138. The van der Waals surface area contributed by atoms with Crippen molar-refractivity contribution in [3.8, 4) is 5.69 Å². The summed E-state index contributed by atoms with van der Waals surface area (Å²) in [5.74, 6) is -0.326. The van der Waals surface area contributed by atoms with Crippen LogP contribution in [0.5, 0.6) is 0 Å². The standard InChI is InChI=1S/C22H26N6O3S/c1-17(18-6-8-20(9-7-18)28-16-23-15-24-28)25-22(29)19-4-3-5-21(14-19)32(30,31)27-12-10-26(2)11-13-27/h3-9,14-17H,10-13H2,1-2H3,(H,25,29). The van der Waals surface area contributed by atoms with Gasteiger partial charge in [-0.05, 0) is 49.9 Å². The zero-order valence-electron chi connectivity index (χ0n) is 18.0. The molecule has 2 aromatic carbocycles. The summed E-state index contributed by atoms with van der Waals surface area (Å²) in [6.07, 6.45) is 3.08. The van der Waals surface area contributed by atoms with Gasteiger partial charge in [-0.25, -0.2) is 18.1 Å². The lowest BCUT2D eigenvalue weighted by atomic mass is 10.1. The molecule has 1 aliphatic heterocycles.